The van der Waals surface area contributed by atoms with E-state index in [1.807, 2.05) is 66.7 Å². The second kappa shape index (κ2) is 10.1. The smallest absolute Gasteiger partial charge is 0.279 e. The highest BCUT2D eigenvalue weighted by Gasteiger charge is 2.16. The molecule has 7 nitrogen and oxygen atoms in total. The van der Waals surface area contributed by atoms with Crippen LogP contribution in [0.3, 0.4) is 0 Å². The van der Waals surface area contributed by atoms with Crippen LogP contribution < -0.4 is 20.9 Å². The van der Waals surface area contributed by atoms with Crippen LogP contribution in [0.4, 0.5) is 0 Å². The molecule has 0 aliphatic rings. The van der Waals surface area contributed by atoms with Crippen LogP contribution in [0.25, 0.3) is 10.8 Å². The van der Waals surface area contributed by atoms with Crippen molar-refractivity contribution in [2.24, 2.45) is 0 Å². The number of hydrazine groups is 1. The normalized spacial score (nSPS) is 11.4. The number of hydrogen-bond acceptors (Lipinski definition) is 4. The Balaban J connectivity index is 1.40. The number of fused-ring (bicyclic) bond motifs is 1. The predicted molar refractivity (Wildman–Crippen MR) is 113 cm³/mol. The lowest BCUT2D eigenvalue weighted by atomic mass is 10.1. The van der Waals surface area contributed by atoms with E-state index in [0.717, 1.165) is 16.3 Å². The maximum absolute atomic E-state index is 12.2. The van der Waals surface area contributed by atoms with Gasteiger partial charge in [-0.25, -0.2) is 0 Å². The summed E-state index contributed by atoms with van der Waals surface area (Å²) >= 11 is 0. The van der Waals surface area contributed by atoms with Crippen LogP contribution in [-0.2, 0) is 20.8 Å². The van der Waals surface area contributed by atoms with Gasteiger partial charge in [0.25, 0.3) is 11.8 Å². The van der Waals surface area contributed by atoms with E-state index in [1.165, 1.54) is 0 Å². The highest BCUT2D eigenvalue weighted by molar-refractivity contribution is 5.88. The summed E-state index contributed by atoms with van der Waals surface area (Å²) in [4.78, 5) is 35.9. The Labute approximate surface area is 174 Å². The second-order valence-electron chi connectivity index (χ2n) is 6.75. The molecular weight excluding hydrogens is 382 g/mol. The zero-order valence-electron chi connectivity index (χ0n) is 16.6. The molecule has 3 N–H and O–H groups in total. The first kappa shape index (κ1) is 20.9. The quantitative estimate of drug-likeness (QED) is 0.525. The zero-order chi connectivity index (χ0) is 21.3. The predicted octanol–water partition coefficient (Wildman–Crippen LogP) is 2.11. The van der Waals surface area contributed by atoms with Gasteiger partial charge in [-0.05, 0) is 35.4 Å². The third-order valence-corrected chi connectivity index (χ3v) is 4.38. The summed E-state index contributed by atoms with van der Waals surface area (Å²) in [7, 11) is 0. The van der Waals surface area contributed by atoms with Gasteiger partial charge >= 0.3 is 0 Å². The van der Waals surface area contributed by atoms with E-state index in [1.54, 1.807) is 13.0 Å². The summed E-state index contributed by atoms with van der Waals surface area (Å²) in [6.07, 6.45) is -0.643. The zero-order valence-corrected chi connectivity index (χ0v) is 16.6. The van der Waals surface area contributed by atoms with Crippen LogP contribution >= 0.6 is 0 Å². The average Bonchev–Trinajstić information content (AvgIpc) is 2.76. The van der Waals surface area contributed by atoms with E-state index in [-0.39, 0.29) is 18.9 Å². The van der Waals surface area contributed by atoms with E-state index in [0.29, 0.717) is 5.75 Å². The van der Waals surface area contributed by atoms with Crippen LogP contribution in [0.1, 0.15) is 12.5 Å². The average molecular weight is 405 g/mol. The molecule has 0 spiro atoms. The van der Waals surface area contributed by atoms with E-state index in [2.05, 4.69) is 16.2 Å². The van der Waals surface area contributed by atoms with E-state index < -0.39 is 17.9 Å². The molecule has 0 heterocycles. The molecule has 0 bridgehead atoms. The Kier molecular flexibility index (Phi) is 7.00. The molecule has 0 saturated carbocycles. The minimum absolute atomic E-state index is 0.178. The van der Waals surface area contributed by atoms with E-state index in [4.69, 9.17) is 4.74 Å². The second-order valence-corrected chi connectivity index (χ2v) is 6.75. The van der Waals surface area contributed by atoms with E-state index >= 15 is 0 Å². The molecule has 3 rings (SSSR count). The van der Waals surface area contributed by atoms with Gasteiger partial charge in [0, 0.05) is 0 Å². The monoisotopic (exact) mass is 405 g/mol. The molecule has 3 aromatic rings. The Bertz CT molecular complexity index is 1040. The summed E-state index contributed by atoms with van der Waals surface area (Å²) in [5.74, 6) is -0.777. The maximum atomic E-state index is 12.2. The van der Waals surface area contributed by atoms with Crippen molar-refractivity contribution >= 4 is 28.5 Å². The van der Waals surface area contributed by atoms with Gasteiger partial charge in [-0.2, -0.15) is 0 Å². The van der Waals surface area contributed by atoms with Gasteiger partial charge in [0.05, 0.1) is 13.0 Å². The Hall–Kier alpha value is -3.87. The molecule has 0 aliphatic heterocycles. The van der Waals surface area contributed by atoms with Gasteiger partial charge in [0.1, 0.15) is 5.75 Å². The van der Waals surface area contributed by atoms with Crippen LogP contribution in [0.15, 0.2) is 72.8 Å². The number of carbonyl (C=O) groups excluding carboxylic acids is 3. The highest BCUT2D eigenvalue weighted by atomic mass is 16.5. The summed E-state index contributed by atoms with van der Waals surface area (Å²) in [6.45, 7) is 1.34. The number of hydrogen-bond donors (Lipinski definition) is 3. The fraction of sp³-hybridized carbons (Fsp3) is 0.174. The molecule has 3 amide bonds. The summed E-state index contributed by atoms with van der Waals surface area (Å²) in [6, 6.07) is 22.6. The lowest BCUT2D eigenvalue weighted by molar-refractivity contribution is -0.132. The molecular formula is C23H23N3O4. The minimum Gasteiger partial charge on any atom is -0.481 e. The number of nitrogens with one attached hydrogen (secondary N) is 3. The van der Waals surface area contributed by atoms with Gasteiger partial charge in [0.2, 0.25) is 5.91 Å². The molecule has 0 fully saturated rings. The summed E-state index contributed by atoms with van der Waals surface area (Å²) < 4.78 is 5.65. The Morgan fingerprint density at radius 3 is 2.30 bits per heavy atom. The lowest BCUT2D eigenvalue weighted by Crippen LogP contribution is -2.50. The largest absolute Gasteiger partial charge is 0.481 e. The number of rotatable bonds is 7. The van der Waals surface area contributed by atoms with Crippen molar-refractivity contribution in [3.63, 3.8) is 0 Å². The van der Waals surface area contributed by atoms with Crippen LogP contribution in [0.5, 0.6) is 5.75 Å². The minimum atomic E-state index is -0.820. The van der Waals surface area contributed by atoms with Crippen molar-refractivity contribution in [1.82, 2.24) is 16.2 Å². The van der Waals surface area contributed by atoms with Gasteiger partial charge in [-0.15, -0.1) is 0 Å². The molecule has 7 heteroatoms. The number of carbonyl (C=O) groups is 3. The summed E-state index contributed by atoms with van der Waals surface area (Å²) in [5, 5.41) is 4.58. The molecule has 0 saturated heterocycles. The SMILES string of the molecule is C[C@H](Oc1ccc2ccccc2c1)C(=O)NNC(=O)CNC(=O)Cc1ccccc1. The molecule has 30 heavy (non-hydrogen) atoms. The third-order valence-electron chi connectivity index (χ3n) is 4.38. The maximum Gasteiger partial charge on any atom is 0.279 e. The molecule has 3 aromatic carbocycles. The van der Waals surface area contributed by atoms with Gasteiger partial charge in [0.15, 0.2) is 6.10 Å². The standard InChI is InChI=1S/C23H23N3O4/c1-16(30-20-12-11-18-9-5-6-10-19(18)14-20)23(29)26-25-22(28)15-24-21(27)13-17-7-3-2-4-8-17/h2-12,14,16H,13,15H2,1H3,(H,24,27)(H,25,28)(H,26,29)/t16-/m0/s1. The lowest BCUT2D eigenvalue weighted by Gasteiger charge is -2.15. The number of amides is 3. The van der Waals surface area contributed by atoms with E-state index in [9.17, 15) is 14.4 Å². The van der Waals surface area contributed by atoms with Crippen molar-refractivity contribution in [3.8, 4) is 5.75 Å². The fourth-order valence-corrected chi connectivity index (χ4v) is 2.80. The molecule has 1 atom stereocenters. The van der Waals surface area contributed by atoms with Crippen molar-refractivity contribution in [2.45, 2.75) is 19.4 Å². The van der Waals surface area contributed by atoms with Crippen LogP contribution in [-0.4, -0.2) is 30.4 Å². The van der Waals surface area contributed by atoms with Gasteiger partial charge in [-0.3, -0.25) is 25.2 Å². The van der Waals surface area contributed by atoms with Crippen molar-refractivity contribution in [2.75, 3.05) is 6.54 Å². The van der Waals surface area contributed by atoms with Crippen LogP contribution in [0, 0.1) is 0 Å². The van der Waals surface area contributed by atoms with Crippen molar-refractivity contribution in [1.29, 1.82) is 0 Å². The highest BCUT2D eigenvalue weighted by Crippen LogP contribution is 2.21. The van der Waals surface area contributed by atoms with Gasteiger partial charge < -0.3 is 10.1 Å². The first-order chi connectivity index (χ1) is 14.5. The Morgan fingerprint density at radius 2 is 1.53 bits per heavy atom. The molecule has 0 aliphatic carbocycles. The number of ether oxygens (including phenoxy) is 1. The summed E-state index contributed by atoms with van der Waals surface area (Å²) in [5.41, 5.74) is 5.41. The molecule has 0 aromatic heterocycles. The van der Waals surface area contributed by atoms with Crippen LogP contribution in [0.2, 0.25) is 0 Å². The Morgan fingerprint density at radius 1 is 0.833 bits per heavy atom. The molecule has 0 unspecified atom stereocenters. The third kappa shape index (κ3) is 6.07. The first-order valence-electron chi connectivity index (χ1n) is 9.56. The van der Waals surface area contributed by atoms with Crippen molar-refractivity contribution < 1.29 is 19.1 Å². The molecule has 0 radical (unpaired) electrons. The first-order valence-corrected chi connectivity index (χ1v) is 9.56. The number of benzene rings is 3. The topological polar surface area (TPSA) is 96.5 Å². The fourth-order valence-electron chi connectivity index (χ4n) is 2.80. The van der Waals surface area contributed by atoms with Crippen molar-refractivity contribution in [3.05, 3.63) is 78.4 Å². The van der Waals surface area contributed by atoms with Gasteiger partial charge in [-0.1, -0.05) is 60.7 Å². The molecule has 154 valence electrons.